The molecule has 7 nitrogen and oxygen atoms in total. The number of aryl methyl sites for hydroxylation is 1. The van der Waals surface area contributed by atoms with Crippen LogP contribution in [0.15, 0.2) is 47.7 Å². The number of hydrogen-bond acceptors (Lipinski definition) is 5. The van der Waals surface area contributed by atoms with E-state index in [0.717, 1.165) is 0 Å². The van der Waals surface area contributed by atoms with Gasteiger partial charge >= 0.3 is 12.3 Å². The van der Waals surface area contributed by atoms with Crippen molar-refractivity contribution < 1.29 is 27.8 Å². The zero-order chi connectivity index (χ0) is 23.0. The number of alkyl halides is 3. The molecule has 3 heterocycles. The smallest absolute Gasteiger partial charge is 0.481 e. The van der Waals surface area contributed by atoms with Gasteiger partial charge in [0, 0.05) is 36.1 Å². The molecule has 11 heteroatoms. The standard InChI is InChI=1S/C21H16ClF3N4O3/c1-11-10-27-20-15(5-6-18(30)31)28-19(14-4-2-3-7-26-14)12-8-13(22)17(32-21(23,24)25)9-16(12)29(11)20/h2-4,7-10,15H,5-6H2,1H3,(H,30,31)/t15-/m0/s1. The monoisotopic (exact) mass is 464 g/mol. The van der Waals surface area contributed by atoms with Gasteiger partial charge < -0.3 is 9.84 Å². The molecule has 0 fully saturated rings. The Balaban J connectivity index is 1.98. The van der Waals surface area contributed by atoms with Crippen molar-refractivity contribution in [1.82, 2.24) is 14.5 Å². The van der Waals surface area contributed by atoms with Gasteiger partial charge in [0.25, 0.3) is 0 Å². The number of aromatic nitrogens is 3. The maximum atomic E-state index is 12.9. The number of aliphatic imine (C=N–C) groups is 1. The van der Waals surface area contributed by atoms with E-state index in [1.54, 1.807) is 42.1 Å². The van der Waals surface area contributed by atoms with E-state index in [-0.39, 0.29) is 17.9 Å². The average Bonchev–Trinajstić information content (AvgIpc) is 3.04. The molecular formula is C21H16ClF3N4O3. The van der Waals surface area contributed by atoms with Gasteiger partial charge in [-0.1, -0.05) is 17.7 Å². The summed E-state index contributed by atoms with van der Waals surface area (Å²) in [6, 6.07) is 7.01. The summed E-state index contributed by atoms with van der Waals surface area (Å²) < 4.78 is 44.6. The Bertz CT molecular complexity index is 1210. The van der Waals surface area contributed by atoms with Crippen LogP contribution in [0.5, 0.6) is 5.75 Å². The van der Waals surface area contributed by atoms with Crippen molar-refractivity contribution in [2.24, 2.45) is 4.99 Å². The van der Waals surface area contributed by atoms with Crippen LogP contribution in [0.3, 0.4) is 0 Å². The first kappa shape index (κ1) is 21.8. The lowest BCUT2D eigenvalue weighted by atomic mass is 10.0. The molecule has 0 radical (unpaired) electrons. The van der Waals surface area contributed by atoms with Gasteiger partial charge in [-0.25, -0.2) is 4.98 Å². The van der Waals surface area contributed by atoms with Crippen molar-refractivity contribution in [1.29, 1.82) is 0 Å². The van der Waals surface area contributed by atoms with Crippen LogP contribution >= 0.6 is 11.6 Å². The molecule has 1 aliphatic rings. The number of carboxylic acids is 1. The van der Waals surface area contributed by atoms with Crippen LogP contribution in [0.25, 0.3) is 5.69 Å². The van der Waals surface area contributed by atoms with Gasteiger partial charge in [-0.15, -0.1) is 13.2 Å². The van der Waals surface area contributed by atoms with E-state index in [9.17, 15) is 23.1 Å². The van der Waals surface area contributed by atoms with Crippen molar-refractivity contribution in [3.05, 3.63) is 70.5 Å². The fraction of sp³-hybridized carbons (Fsp3) is 0.238. The van der Waals surface area contributed by atoms with Crippen molar-refractivity contribution in [3.63, 3.8) is 0 Å². The van der Waals surface area contributed by atoms with Gasteiger partial charge in [-0.3, -0.25) is 19.3 Å². The molecule has 166 valence electrons. The first-order valence-electron chi connectivity index (χ1n) is 9.49. The molecular weight excluding hydrogens is 449 g/mol. The molecule has 0 saturated heterocycles. The highest BCUT2D eigenvalue weighted by molar-refractivity contribution is 6.33. The molecule has 1 N–H and O–H groups in total. The van der Waals surface area contributed by atoms with Crippen LogP contribution < -0.4 is 4.74 Å². The van der Waals surface area contributed by atoms with E-state index in [1.165, 1.54) is 12.1 Å². The van der Waals surface area contributed by atoms with Crippen LogP contribution in [-0.4, -0.2) is 37.7 Å². The number of fused-ring (bicyclic) bond motifs is 3. The van der Waals surface area contributed by atoms with Crippen LogP contribution in [0, 0.1) is 6.92 Å². The van der Waals surface area contributed by atoms with Gasteiger partial charge in [-0.2, -0.15) is 0 Å². The molecule has 0 amide bonds. The summed E-state index contributed by atoms with van der Waals surface area (Å²) in [5, 5.41) is 8.92. The Morgan fingerprint density at radius 1 is 1.28 bits per heavy atom. The fourth-order valence-electron chi connectivity index (χ4n) is 3.57. The normalized spacial score (nSPS) is 15.4. The molecule has 1 aromatic carbocycles. The van der Waals surface area contributed by atoms with E-state index in [0.29, 0.717) is 34.2 Å². The number of imidazole rings is 1. The molecule has 2 aromatic heterocycles. The van der Waals surface area contributed by atoms with Crippen molar-refractivity contribution in [3.8, 4) is 11.4 Å². The third-order valence-corrected chi connectivity index (χ3v) is 5.15. The number of ether oxygens (including phenoxy) is 1. The second-order valence-corrected chi connectivity index (χ2v) is 7.49. The topological polar surface area (TPSA) is 89.6 Å². The SMILES string of the molecule is Cc1cnc2n1-c1cc(OC(F)(F)F)c(Cl)cc1C(c1ccccn1)=N[C@H]2CCC(=O)O. The summed E-state index contributed by atoms with van der Waals surface area (Å²) >= 11 is 6.15. The lowest BCUT2D eigenvalue weighted by molar-refractivity contribution is -0.274. The largest absolute Gasteiger partial charge is 0.573 e. The highest BCUT2D eigenvalue weighted by Crippen LogP contribution is 2.39. The summed E-state index contributed by atoms with van der Waals surface area (Å²) in [6.45, 7) is 1.74. The third kappa shape index (κ3) is 4.31. The fourth-order valence-corrected chi connectivity index (χ4v) is 3.77. The van der Waals surface area contributed by atoms with Gasteiger partial charge in [0.05, 0.1) is 22.1 Å². The maximum Gasteiger partial charge on any atom is 0.573 e. The zero-order valence-corrected chi connectivity index (χ0v) is 17.4. The number of aliphatic carboxylic acids is 1. The molecule has 0 unspecified atom stereocenters. The molecule has 0 aliphatic carbocycles. The summed E-state index contributed by atoms with van der Waals surface area (Å²) in [5.74, 6) is -1.17. The Labute approximate surface area is 185 Å². The predicted octanol–water partition coefficient (Wildman–Crippen LogP) is 4.88. The molecule has 3 aromatic rings. The number of halogens is 4. The minimum atomic E-state index is -4.93. The zero-order valence-electron chi connectivity index (χ0n) is 16.6. The van der Waals surface area contributed by atoms with E-state index < -0.39 is 24.1 Å². The van der Waals surface area contributed by atoms with Crippen LogP contribution in [-0.2, 0) is 4.79 Å². The number of hydrogen-bond donors (Lipinski definition) is 1. The van der Waals surface area contributed by atoms with Crippen LogP contribution in [0.1, 0.15) is 41.7 Å². The molecule has 1 atom stereocenters. The van der Waals surface area contributed by atoms with Crippen molar-refractivity contribution >= 4 is 23.3 Å². The van der Waals surface area contributed by atoms with E-state index in [4.69, 9.17) is 16.6 Å². The molecule has 0 saturated carbocycles. The molecule has 0 bridgehead atoms. The maximum absolute atomic E-state index is 12.9. The second-order valence-electron chi connectivity index (χ2n) is 7.08. The predicted molar refractivity (Wildman–Crippen MR) is 109 cm³/mol. The van der Waals surface area contributed by atoms with Gasteiger partial charge in [0.1, 0.15) is 17.6 Å². The molecule has 0 spiro atoms. The quantitative estimate of drug-likeness (QED) is 0.581. The summed E-state index contributed by atoms with van der Waals surface area (Å²) in [6.07, 6.45) is -1.86. The lowest BCUT2D eigenvalue weighted by Crippen LogP contribution is -2.18. The van der Waals surface area contributed by atoms with Gasteiger partial charge in [-0.05, 0) is 31.5 Å². The number of nitrogens with zero attached hydrogens (tertiary/aromatic N) is 4. The average molecular weight is 465 g/mol. The Morgan fingerprint density at radius 2 is 2.06 bits per heavy atom. The van der Waals surface area contributed by atoms with Crippen LogP contribution in [0.4, 0.5) is 13.2 Å². The first-order chi connectivity index (χ1) is 15.1. The number of benzene rings is 1. The highest BCUT2D eigenvalue weighted by Gasteiger charge is 2.34. The lowest BCUT2D eigenvalue weighted by Gasteiger charge is -2.17. The Hall–Kier alpha value is -3.40. The minimum absolute atomic E-state index is 0.135. The Morgan fingerprint density at radius 3 is 2.72 bits per heavy atom. The number of rotatable bonds is 5. The third-order valence-electron chi connectivity index (χ3n) is 4.86. The highest BCUT2D eigenvalue weighted by atomic mass is 35.5. The first-order valence-corrected chi connectivity index (χ1v) is 9.87. The number of carbonyl (C=O) groups is 1. The summed E-state index contributed by atoms with van der Waals surface area (Å²) in [7, 11) is 0. The summed E-state index contributed by atoms with van der Waals surface area (Å²) in [4.78, 5) is 24.7. The molecule has 32 heavy (non-hydrogen) atoms. The van der Waals surface area contributed by atoms with E-state index in [2.05, 4.69) is 14.7 Å². The second kappa shape index (κ2) is 8.27. The van der Waals surface area contributed by atoms with E-state index in [1.807, 2.05) is 0 Å². The molecule has 4 rings (SSSR count). The number of carboxylic acid groups (broad SMARTS) is 1. The Kier molecular flexibility index (Phi) is 5.64. The minimum Gasteiger partial charge on any atom is -0.481 e. The van der Waals surface area contributed by atoms with Crippen molar-refractivity contribution in [2.45, 2.75) is 32.2 Å². The van der Waals surface area contributed by atoms with E-state index >= 15 is 0 Å². The van der Waals surface area contributed by atoms with Crippen LogP contribution in [0.2, 0.25) is 5.02 Å². The number of pyridine rings is 1. The van der Waals surface area contributed by atoms with Gasteiger partial charge in [0.15, 0.2) is 0 Å². The molecule has 1 aliphatic heterocycles. The van der Waals surface area contributed by atoms with Gasteiger partial charge in [0.2, 0.25) is 0 Å². The summed E-state index contributed by atoms with van der Waals surface area (Å²) in [5.41, 5.74) is 2.18. The van der Waals surface area contributed by atoms with Crippen molar-refractivity contribution in [2.75, 3.05) is 0 Å².